The van der Waals surface area contributed by atoms with Crippen molar-refractivity contribution in [2.45, 2.75) is 292 Å². The second kappa shape index (κ2) is 33.7. The van der Waals surface area contributed by atoms with Crippen molar-refractivity contribution in [1.82, 2.24) is 14.4 Å². The number of carbonyl (C=O) groups excluding carboxylic acids is 2. The maximum absolute atomic E-state index is 16.3. The predicted molar refractivity (Wildman–Crippen MR) is 400 cm³/mol. The van der Waals surface area contributed by atoms with Crippen molar-refractivity contribution < 1.29 is 9.59 Å². The molecule has 0 spiro atoms. The maximum Gasteiger partial charge on any atom is 0.261 e. The number of benzene rings is 4. The van der Waals surface area contributed by atoms with Crippen LogP contribution in [-0.2, 0) is 20.4 Å². The number of fused-ring (bicyclic) bond motifs is 4. The van der Waals surface area contributed by atoms with Gasteiger partial charge in [-0.15, -0.1) is 22.7 Å². The van der Waals surface area contributed by atoms with Gasteiger partial charge >= 0.3 is 0 Å². The lowest BCUT2D eigenvalue weighted by Crippen LogP contribution is -2.39. The molecule has 0 aliphatic carbocycles. The van der Waals surface area contributed by atoms with E-state index in [2.05, 4.69) is 219 Å². The van der Waals surface area contributed by atoms with Crippen molar-refractivity contribution in [3.8, 4) is 10.4 Å². The normalized spacial score (nSPS) is 15.7. The molecule has 0 fully saturated rings. The summed E-state index contributed by atoms with van der Waals surface area (Å²) in [4.78, 5) is 41.2. The first kappa shape index (κ1) is 70.8. The van der Waals surface area contributed by atoms with E-state index in [1.807, 2.05) is 0 Å². The van der Waals surface area contributed by atoms with Crippen LogP contribution in [0.2, 0.25) is 0 Å². The van der Waals surface area contributed by atoms with Crippen LogP contribution in [0, 0.1) is 11.8 Å². The molecular formula is C85H117N3O2S2. The number of hydrogen-bond donors (Lipinski definition) is 0. The van der Waals surface area contributed by atoms with E-state index < -0.39 is 0 Å². The second-order valence-corrected chi connectivity index (χ2v) is 31.0. The summed E-state index contributed by atoms with van der Waals surface area (Å²) in [5.41, 5.74) is 10.3. The lowest BCUT2D eigenvalue weighted by Gasteiger charge is -2.35. The Morgan fingerprint density at radius 1 is 0.402 bits per heavy atom. The number of rotatable bonds is 40. The summed E-state index contributed by atoms with van der Waals surface area (Å²) >= 11 is 3.54. The average Bonchev–Trinajstić information content (AvgIpc) is 1.55. The van der Waals surface area contributed by atoms with Gasteiger partial charge < -0.3 is 14.4 Å². The number of unbranched alkanes of at least 4 members (excludes halogenated alkanes) is 17. The highest BCUT2D eigenvalue weighted by Gasteiger charge is 2.52. The molecule has 0 bridgehead atoms. The van der Waals surface area contributed by atoms with Gasteiger partial charge in [0, 0.05) is 55.0 Å². The zero-order valence-electron chi connectivity index (χ0n) is 59.2. The summed E-state index contributed by atoms with van der Waals surface area (Å²) in [6.07, 6.45) is 33.1. The first-order valence-electron chi connectivity index (χ1n) is 37.3. The van der Waals surface area contributed by atoms with E-state index in [1.54, 1.807) is 22.7 Å². The largest absolute Gasteiger partial charge is 0.337 e. The van der Waals surface area contributed by atoms with Crippen LogP contribution < -0.4 is 0 Å². The van der Waals surface area contributed by atoms with Crippen molar-refractivity contribution >= 4 is 67.7 Å². The van der Waals surface area contributed by atoms with Crippen LogP contribution in [0.4, 0.5) is 0 Å². The highest BCUT2D eigenvalue weighted by molar-refractivity contribution is 7.16. The lowest BCUT2D eigenvalue weighted by molar-refractivity contribution is -0.125. The number of amides is 2. The molecule has 496 valence electrons. The van der Waals surface area contributed by atoms with Crippen LogP contribution in [-0.4, -0.2) is 38.3 Å². The Bertz CT molecular complexity index is 3530. The topological polar surface area (TPSA) is 45.6 Å². The summed E-state index contributed by atoms with van der Waals surface area (Å²) in [5, 5.41) is 2.65. The van der Waals surface area contributed by atoms with E-state index in [9.17, 15) is 0 Å². The van der Waals surface area contributed by atoms with Crippen LogP contribution in [0.15, 0.2) is 132 Å². The van der Waals surface area contributed by atoms with Crippen LogP contribution in [0.25, 0.3) is 43.6 Å². The number of hydrogen-bond acceptors (Lipinski definition) is 4. The number of nitrogens with zero attached hydrogens (tertiary/aromatic N) is 3. The SMILES string of the molecule is CCCCCCCCC(C)C(C(CC)CCCCCCC)n1c2cc(-c3ccc(C4=C5C(=O)N(C(CC)CCCCCCC)C(c6ccc(C(C)(C)c7ccccc7)s6)=C5C(=O)N4C(CC)CCCCCCC)s3)ccc2c2ccc(C(C)(C)c3ccccc3)cc21. The molecule has 92 heavy (non-hydrogen) atoms. The van der Waals surface area contributed by atoms with Gasteiger partial charge in [-0.3, -0.25) is 9.59 Å². The standard InChI is InChI=1S/C85H117N3O2S2/c1-13-20-24-28-32-35-43-61(8)79(62(17-5)44-36-29-25-21-14-2)88-71-59-63(51-53-69(71)70-54-52-66(60-72(70)88)84(9,10)64-45-37-33-38-46-64)73-55-56-74(91-73)80-77-78(83(90)86(80)67(18-6)49-41-30-26-22-15-3)81(87(82(77)89)68(19-7)50-42-31-27-23-16-4)75-57-58-76(92-75)85(11,12)65-47-39-34-40-48-65/h33-34,37-40,45-48,51-62,67-68,79H,13-32,35-36,41-44,49-50H2,1-12H3. The monoisotopic (exact) mass is 1280 g/mol. The third-order valence-electron chi connectivity index (χ3n) is 21.7. The van der Waals surface area contributed by atoms with Gasteiger partial charge in [0.15, 0.2) is 0 Å². The highest BCUT2D eigenvalue weighted by atomic mass is 32.1. The fourth-order valence-electron chi connectivity index (χ4n) is 15.8. The summed E-state index contributed by atoms with van der Waals surface area (Å²) in [5.74, 6) is 1.03. The summed E-state index contributed by atoms with van der Waals surface area (Å²) in [6, 6.07) is 46.0. The Morgan fingerprint density at radius 3 is 1.35 bits per heavy atom. The first-order chi connectivity index (χ1) is 44.7. The Hall–Kier alpha value is -5.50. The minimum Gasteiger partial charge on any atom is -0.337 e. The first-order valence-corrected chi connectivity index (χ1v) is 38.9. The Labute approximate surface area is 566 Å². The minimum atomic E-state index is -0.266. The number of carbonyl (C=O) groups is 2. The minimum absolute atomic E-state index is 0.00369. The van der Waals surface area contributed by atoms with E-state index in [0.717, 1.165) is 78.9 Å². The molecule has 9 rings (SSSR count). The molecular weight excluding hydrogens is 1160 g/mol. The van der Waals surface area contributed by atoms with Crippen LogP contribution >= 0.6 is 22.7 Å². The maximum atomic E-state index is 16.3. The molecule has 7 aromatic rings. The molecule has 0 radical (unpaired) electrons. The molecule has 5 atom stereocenters. The Kier molecular flexibility index (Phi) is 26.0. The van der Waals surface area contributed by atoms with Crippen molar-refractivity contribution in [3.63, 3.8) is 0 Å². The van der Waals surface area contributed by atoms with Gasteiger partial charge in [0.05, 0.1) is 37.8 Å². The molecule has 5 heterocycles. The van der Waals surface area contributed by atoms with Crippen LogP contribution in [0.1, 0.15) is 300 Å². The summed E-state index contributed by atoms with van der Waals surface area (Å²) in [7, 11) is 0. The highest BCUT2D eigenvalue weighted by Crippen LogP contribution is 2.53. The average molecular weight is 1280 g/mol. The van der Waals surface area contributed by atoms with Crippen molar-refractivity contribution in [2.75, 3.05) is 0 Å². The predicted octanol–water partition coefficient (Wildman–Crippen LogP) is 25.6. The van der Waals surface area contributed by atoms with Gasteiger partial charge in [0.2, 0.25) is 0 Å². The molecule has 2 amide bonds. The zero-order chi connectivity index (χ0) is 65.4. The Morgan fingerprint density at radius 2 is 0.837 bits per heavy atom. The molecule has 2 aliphatic rings. The number of thiophene rings is 2. The quantitative estimate of drug-likeness (QED) is 0.0359. The molecule has 7 heteroatoms. The van der Waals surface area contributed by atoms with E-state index in [-0.39, 0.29) is 34.7 Å². The third kappa shape index (κ3) is 15.7. The molecule has 0 saturated heterocycles. The molecule has 0 N–H and O–H groups in total. The molecule has 0 saturated carbocycles. The van der Waals surface area contributed by atoms with Crippen LogP contribution in [0.3, 0.4) is 0 Å². The van der Waals surface area contributed by atoms with Gasteiger partial charge in [-0.1, -0.05) is 309 Å². The van der Waals surface area contributed by atoms with Crippen LogP contribution in [0.5, 0.6) is 0 Å². The smallest absolute Gasteiger partial charge is 0.261 e. The molecule has 3 aromatic heterocycles. The van der Waals surface area contributed by atoms with E-state index in [4.69, 9.17) is 0 Å². The summed E-state index contributed by atoms with van der Waals surface area (Å²) < 4.78 is 2.87. The zero-order valence-corrected chi connectivity index (χ0v) is 60.8. The summed E-state index contributed by atoms with van der Waals surface area (Å²) in [6.45, 7) is 28.2. The van der Waals surface area contributed by atoms with Gasteiger partial charge in [0.1, 0.15) is 0 Å². The van der Waals surface area contributed by atoms with E-state index in [1.165, 1.54) is 176 Å². The van der Waals surface area contributed by atoms with E-state index >= 15 is 9.59 Å². The van der Waals surface area contributed by atoms with Crippen molar-refractivity contribution in [2.24, 2.45) is 11.8 Å². The molecule has 2 aliphatic heterocycles. The van der Waals surface area contributed by atoms with Gasteiger partial charge in [-0.05, 0) is 109 Å². The van der Waals surface area contributed by atoms with Crippen molar-refractivity contribution in [3.05, 3.63) is 164 Å². The fraction of sp³-hybridized carbons (Fsp3) is 0.553. The second-order valence-electron chi connectivity index (χ2n) is 28.9. The molecule has 5 unspecified atom stereocenters. The lowest BCUT2D eigenvalue weighted by atomic mass is 9.78. The third-order valence-corrected chi connectivity index (χ3v) is 24.3. The molecule has 5 nitrogen and oxygen atoms in total. The van der Waals surface area contributed by atoms with Gasteiger partial charge in [-0.2, -0.15) is 0 Å². The Balaban J connectivity index is 1.22. The number of aromatic nitrogens is 1. The van der Waals surface area contributed by atoms with Gasteiger partial charge in [-0.25, -0.2) is 0 Å². The van der Waals surface area contributed by atoms with E-state index in [0.29, 0.717) is 29.0 Å². The fourth-order valence-corrected chi connectivity index (χ4v) is 18.1. The molecule has 4 aromatic carbocycles. The van der Waals surface area contributed by atoms with Gasteiger partial charge in [0.25, 0.3) is 11.8 Å². The van der Waals surface area contributed by atoms with Crippen molar-refractivity contribution in [1.29, 1.82) is 0 Å².